The van der Waals surface area contributed by atoms with Crippen molar-refractivity contribution in [1.29, 1.82) is 0 Å². The van der Waals surface area contributed by atoms with Crippen molar-refractivity contribution in [2.45, 2.75) is 12.8 Å². The van der Waals surface area contributed by atoms with Crippen molar-refractivity contribution in [1.82, 2.24) is 0 Å². The van der Waals surface area contributed by atoms with E-state index in [1.54, 1.807) is 30.3 Å². The Morgan fingerprint density at radius 3 is 2.40 bits per heavy atom. The van der Waals surface area contributed by atoms with E-state index >= 15 is 0 Å². The molecule has 1 N–H and O–H groups in total. The second-order valence-corrected chi connectivity index (χ2v) is 7.10. The molecule has 0 unspecified atom stereocenters. The maximum Gasteiger partial charge on any atom is 0.265 e. The summed E-state index contributed by atoms with van der Waals surface area (Å²) in [6.45, 7) is 0. The fourth-order valence-electron chi connectivity index (χ4n) is 3.38. The van der Waals surface area contributed by atoms with Gasteiger partial charge in [-0.25, -0.2) is 4.90 Å². The van der Waals surface area contributed by atoms with Crippen LogP contribution in [0.4, 0.5) is 11.4 Å². The van der Waals surface area contributed by atoms with Crippen LogP contribution in [-0.2, 0) is 9.59 Å². The molecule has 1 aromatic heterocycles. The smallest absolute Gasteiger partial charge is 0.265 e. The molecule has 0 saturated carbocycles. The standard InChI is InChI=1S/C19H16N2O3S/c22-17(16-9-4-10-25-16)20-12-5-3-6-13(11-12)21-18(23)14-7-1-2-8-15(14)19(21)24/h1-6,9-11,14-15H,7-8H2,(H,20,22)/t14-,15+. The number of benzene rings is 1. The van der Waals surface area contributed by atoms with Crippen LogP contribution in [-0.4, -0.2) is 17.7 Å². The molecule has 4 rings (SSSR count). The fraction of sp³-hybridized carbons (Fsp3) is 0.211. The maximum atomic E-state index is 12.7. The molecular weight excluding hydrogens is 336 g/mol. The van der Waals surface area contributed by atoms with Gasteiger partial charge in [0.2, 0.25) is 11.8 Å². The number of hydrogen-bond donors (Lipinski definition) is 1. The topological polar surface area (TPSA) is 66.5 Å². The third-order valence-electron chi connectivity index (χ3n) is 4.61. The van der Waals surface area contributed by atoms with Crippen molar-refractivity contribution in [3.63, 3.8) is 0 Å². The second kappa shape index (κ2) is 6.29. The van der Waals surface area contributed by atoms with Crippen molar-refractivity contribution < 1.29 is 14.4 Å². The molecule has 2 aromatic rings. The van der Waals surface area contributed by atoms with Crippen molar-refractivity contribution in [3.05, 3.63) is 58.8 Å². The SMILES string of the molecule is O=C(Nc1cccc(N2C(=O)[C@H]3CC=CC[C@H]3C2=O)c1)c1cccs1. The summed E-state index contributed by atoms with van der Waals surface area (Å²) in [5, 5.41) is 4.65. The number of amides is 3. The van der Waals surface area contributed by atoms with Crippen LogP contribution in [0.1, 0.15) is 22.5 Å². The van der Waals surface area contributed by atoms with Crippen molar-refractivity contribution in [2.75, 3.05) is 10.2 Å². The molecule has 2 heterocycles. The Kier molecular flexibility index (Phi) is 3.97. The number of nitrogens with one attached hydrogen (secondary N) is 1. The van der Waals surface area contributed by atoms with Crippen LogP contribution in [0.15, 0.2) is 53.9 Å². The number of rotatable bonds is 3. The third-order valence-corrected chi connectivity index (χ3v) is 5.48. The molecule has 1 aliphatic carbocycles. The van der Waals surface area contributed by atoms with E-state index in [1.165, 1.54) is 16.2 Å². The summed E-state index contributed by atoms with van der Waals surface area (Å²) >= 11 is 1.36. The summed E-state index contributed by atoms with van der Waals surface area (Å²) in [6.07, 6.45) is 5.15. The molecule has 2 atom stereocenters. The first kappa shape index (κ1) is 15.8. The van der Waals surface area contributed by atoms with Crippen LogP contribution in [0.5, 0.6) is 0 Å². The van der Waals surface area contributed by atoms with E-state index in [4.69, 9.17) is 0 Å². The zero-order valence-electron chi connectivity index (χ0n) is 13.3. The molecule has 3 amide bonds. The molecular formula is C19H16N2O3S. The van der Waals surface area contributed by atoms with Gasteiger partial charge in [0, 0.05) is 5.69 Å². The number of imide groups is 1. The number of fused-ring (bicyclic) bond motifs is 1. The number of anilines is 2. The largest absolute Gasteiger partial charge is 0.321 e. The van der Waals surface area contributed by atoms with Crippen LogP contribution < -0.4 is 10.2 Å². The van der Waals surface area contributed by atoms with Gasteiger partial charge in [0.05, 0.1) is 22.4 Å². The van der Waals surface area contributed by atoms with Crippen LogP contribution in [0.2, 0.25) is 0 Å². The highest BCUT2D eigenvalue weighted by Gasteiger charge is 2.47. The van der Waals surface area contributed by atoms with Gasteiger partial charge < -0.3 is 5.32 Å². The molecule has 6 heteroatoms. The van der Waals surface area contributed by atoms with Gasteiger partial charge in [-0.15, -0.1) is 11.3 Å². The summed E-state index contributed by atoms with van der Waals surface area (Å²) in [6, 6.07) is 10.4. The minimum Gasteiger partial charge on any atom is -0.321 e. The summed E-state index contributed by atoms with van der Waals surface area (Å²) in [5.41, 5.74) is 1.07. The summed E-state index contributed by atoms with van der Waals surface area (Å²) in [7, 11) is 0. The number of allylic oxidation sites excluding steroid dienone is 2. The molecule has 25 heavy (non-hydrogen) atoms. The molecule has 1 fully saturated rings. The first-order valence-corrected chi connectivity index (χ1v) is 9.01. The lowest BCUT2D eigenvalue weighted by molar-refractivity contribution is -0.122. The number of carbonyl (C=O) groups is 3. The van der Waals surface area contributed by atoms with E-state index in [9.17, 15) is 14.4 Å². The number of carbonyl (C=O) groups excluding carboxylic acids is 3. The van der Waals surface area contributed by atoms with Gasteiger partial charge in [-0.3, -0.25) is 14.4 Å². The first-order chi connectivity index (χ1) is 12.1. The highest BCUT2D eigenvalue weighted by atomic mass is 32.1. The number of thiophene rings is 1. The average Bonchev–Trinajstić information content (AvgIpc) is 3.24. The summed E-state index contributed by atoms with van der Waals surface area (Å²) < 4.78 is 0. The molecule has 0 spiro atoms. The zero-order chi connectivity index (χ0) is 17.4. The lowest BCUT2D eigenvalue weighted by Crippen LogP contribution is -2.30. The molecule has 1 saturated heterocycles. The minimum absolute atomic E-state index is 0.152. The van der Waals surface area contributed by atoms with E-state index in [1.807, 2.05) is 23.6 Å². The van der Waals surface area contributed by atoms with Gasteiger partial charge in [0.25, 0.3) is 5.91 Å². The average molecular weight is 352 g/mol. The molecule has 1 aliphatic heterocycles. The van der Waals surface area contributed by atoms with Crippen LogP contribution >= 0.6 is 11.3 Å². The summed E-state index contributed by atoms with van der Waals surface area (Å²) in [4.78, 5) is 39.4. The van der Waals surface area contributed by atoms with Gasteiger partial charge >= 0.3 is 0 Å². The highest BCUT2D eigenvalue weighted by Crippen LogP contribution is 2.38. The van der Waals surface area contributed by atoms with Gasteiger partial charge in [0.1, 0.15) is 0 Å². The molecule has 5 nitrogen and oxygen atoms in total. The van der Waals surface area contributed by atoms with Gasteiger partial charge in [-0.1, -0.05) is 24.3 Å². The molecule has 2 aliphatic rings. The lowest BCUT2D eigenvalue weighted by Gasteiger charge is -2.16. The molecule has 0 radical (unpaired) electrons. The minimum atomic E-state index is -0.262. The second-order valence-electron chi connectivity index (χ2n) is 6.15. The Labute approximate surface area is 149 Å². The quantitative estimate of drug-likeness (QED) is 0.679. The van der Waals surface area contributed by atoms with Gasteiger partial charge in [0.15, 0.2) is 0 Å². The predicted molar refractivity (Wildman–Crippen MR) is 96.6 cm³/mol. The zero-order valence-corrected chi connectivity index (χ0v) is 14.2. The highest BCUT2D eigenvalue weighted by molar-refractivity contribution is 7.12. The number of nitrogens with zero attached hydrogens (tertiary/aromatic N) is 1. The fourth-order valence-corrected chi connectivity index (χ4v) is 4.00. The predicted octanol–water partition coefficient (Wildman–Crippen LogP) is 3.46. The first-order valence-electron chi connectivity index (χ1n) is 8.13. The van der Waals surface area contributed by atoms with Crippen LogP contribution in [0.25, 0.3) is 0 Å². The monoisotopic (exact) mass is 352 g/mol. The van der Waals surface area contributed by atoms with Crippen LogP contribution in [0, 0.1) is 11.8 Å². The van der Waals surface area contributed by atoms with Gasteiger partial charge in [-0.2, -0.15) is 0 Å². The van der Waals surface area contributed by atoms with E-state index in [0.717, 1.165) is 0 Å². The normalized spacial score (nSPS) is 22.2. The van der Waals surface area contributed by atoms with E-state index in [0.29, 0.717) is 29.1 Å². The Balaban J connectivity index is 1.58. The Morgan fingerprint density at radius 2 is 1.76 bits per heavy atom. The maximum absolute atomic E-state index is 12.7. The van der Waals surface area contributed by atoms with Crippen LogP contribution in [0.3, 0.4) is 0 Å². The third kappa shape index (κ3) is 2.78. The van der Waals surface area contributed by atoms with Gasteiger partial charge in [-0.05, 0) is 42.5 Å². The molecule has 1 aromatic carbocycles. The van der Waals surface area contributed by atoms with E-state index in [2.05, 4.69) is 5.32 Å². The Bertz CT molecular complexity index is 847. The van der Waals surface area contributed by atoms with E-state index in [-0.39, 0.29) is 29.6 Å². The van der Waals surface area contributed by atoms with Crippen molar-refractivity contribution >= 4 is 40.4 Å². The lowest BCUT2D eigenvalue weighted by atomic mass is 9.85. The Hall–Kier alpha value is -2.73. The molecule has 0 bridgehead atoms. The summed E-state index contributed by atoms with van der Waals surface area (Å²) in [5.74, 6) is -1.03. The van der Waals surface area contributed by atoms with E-state index < -0.39 is 0 Å². The van der Waals surface area contributed by atoms with Crippen molar-refractivity contribution in [2.24, 2.45) is 11.8 Å². The Morgan fingerprint density at radius 1 is 1.04 bits per heavy atom. The molecule has 126 valence electrons. The number of hydrogen-bond acceptors (Lipinski definition) is 4. The van der Waals surface area contributed by atoms with Crippen molar-refractivity contribution in [3.8, 4) is 0 Å².